The molecule has 1 N–H and O–H groups in total. The van der Waals surface area contributed by atoms with E-state index in [0.29, 0.717) is 0 Å². The van der Waals surface area contributed by atoms with Gasteiger partial charge in [0, 0.05) is 32.0 Å². The largest absolute Gasteiger partial charge is 0.497 e. The highest BCUT2D eigenvalue weighted by atomic mass is 16.5. The first kappa shape index (κ1) is 10.9. The lowest BCUT2D eigenvalue weighted by Crippen LogP contribution is -2.04. The number of ether oxygens (including phenoxy) is 2. The molecule has 0 fully saturated rings. The highest BCUT2D eigenvalue weighted by molar-refractivity contribution is 5.47. The number of nitrogens with one attached hydrogen (secondary N) is 1. The second-order valence-corrected chi connectivity index (χ2v) is 3.01. The maximum atomic E-state index is 5.12. The zero-order valence-corrected chi connectivity index (χ0v) is 8.75. The zero-order chi connectivity index (χ0) is 10.2. The van der Waals surface area contributed by atoms with Gasteiger partial charge in [0.05, 0.1) is 7.11 Å². The summed E-state index contributed by atoms with van der Waals surface area (Å²) in [6, 6.07) is 7.90. The van der Waals surface area contributed by atoms with Gasteiger partial charge in [-0.2, -0.15) is 0 Å². The molecule has 3 heteroatoms. The Morgan fingerprint density at radius 3 is 2.86 bits per heavy atom. The van der Waals surface area contributed by atoms with Gasteiger partial charge in [-0.1, -0.05) is 6.07 Å². The normalized spacial score (nSPS) is 9.86. The Kier molecular flexibility index (Phi) is 4.86. The molecule has 0 aromatic heterocycles. The third-order valence-electron chi connectivity index (χ3n) is 1.92. The maximum absolute atomic E-state index is 5.12. The van der Waals surface area contributed by atoms with E-state index in [-0.39, 0.29) is 0 Å². The van der Waals surface area contributed by atoms with Gasteiger partial charge in [-0.15, -0.1) is 0 Å². The topological polar surface area (TPSA) is 30.5 Å². The predicted octanol–water partition coefficient (Wildman–Crippen LogP) is 2.14. The molecule has 0 spiro atoms. The third kappa shape index (κ3) is 3.66. The minimum Gasteiger partial charge on any atom is -0.497 e. The molecule has 0 aliphatic rings. The molecule has 1 aromatic rings. The lowest BCUT2D eigenvalue weighted by Gasteiger charge is -2.07. The van der Waals surface area contributed by atoms with Crippen molar-refractivity contribution in [2.24, 2.45) is 0 Å². The van der Waals surface area contributed by atoms with Crippen LogP contribution < -0.4 is 10.1 Å². The first-order chi connectivity index (χ1) is 6.86. The van der Waals surface area contributed by atoms with Crippen molar-refractivity contribution >= 4 is 5.69 Å². The average Bonchev–Trinajstić information content (AvgIpc) is 2.25. The van der Waals surface area contributed by atoms with Crippen molar-refractivity contribution in [3.63, 3.8) is 0 Å². The van der Waals surface area contributed by atoms with Crippen LogP contribution in [0.15, 0.2) is 24.3 Å². The number of anilines is 1. The van der Waals surface area contributed by atoms with E-state index in [1.54, 1.807) is 14.2 Å². The van der Waals surface area contributed by atoms with Crippen molar-refractivity contribution in [1.82, 2.24) is 0 Å². The summed E-state index contributed by atoms with van der Waals surface area (Å²) in [4.78, 5) is 0. The summed E-state index contributed by atoms with van der Waals surface area (Å²) in [5, 5.41) is 3.29. The lowest BCUT2D eigenvalue weighted by molar-refractivity contribution is 0.198. The molecule has 0 unspecified atom stereocenters. The van der Waals surface area contributed by atoms with Crippen LogP contribution in [0.1, 0.15) is 6.42 Å². The van der Waals surface area contributed by atoms with Crippen LogP contribution in [0.5, 0.6) is 5.75 Å². The number of rotatable bonds is 6. The SMILES string of the molecule is COCCCNc1cccc(OC)c1. The van der Waals surface area contributed by atoms with Gasteiger partial charge in [-0.3, -0.25) is 0 Å². The second-order valence-electron chi connectivity index (χ2n) is 3.01. The number of benzene rings is 1. The van der Waals surface area contributed by atoms with Gasteiger partial charge in [0.1, 0.15) is 5.75 Å². The fourth-order valence-corrected chi connectivity index (χ4v) is 1.18. The molecule has 0 aliphatic carbocycles. The molecule has 0 bridgehead atoms. The van der Waals surface area contributed by atoms with Crippen molar-refractivity contribution in [3.8, 4) is 5.75 Å². The van der Waals surface area contributed by atoms with E-state index in [2.05, 4.69) is 5.32 Å². The van der Waals surface area contributed by atoms with Crippen molar-refractivity contribution < 1.29 is 9.47 Å². The standard InChI is InChI=1S/C11H17NO2/c1-13-8-4-7-12-10-5-3-6-11(9-10)14-2/h3,5-6,9,12H,4,7-8H2,1-2H3. The molecule has 0 saturated carbocycles. The van der Waals surface area contributed by atoms with Crippen LogP contribution in [0.25, 0.3) is 0 Å². The molecular formula is C11H17NO2. The molecule has 1 aromatic carbocycles. The monoisotopic (exact) mass is 195 g/mol. The smallest absolute Gasteiger partial charge is 0.120 e. The third-order valence-corrected chi connectivity index (χ3v) is 1.92. The van der Waals surface area contributed by atoms with Crippen LogP contribution >= 0.6 is 0 Å². The van der Waals surface area contributed by atoms with Gasteiger partial charge in [0.15, 0.2) is 0 Å². The fraction of sp³-hybridized carbons (Fsp3) is 0.455. The molecule has 0 atom stereocenters. The van der Waals surface area contributed by atoms with Gasteiger partial charge in [0.25, 0.3) is 0 Å². The maximum Gasteiger partial charge on any atom is 0.120 e. The highest BCUT2D eigenvalue weighted by Crippen LogP contribution is 2.16. The lowest BCUT2D eigenvalue weighted by atomic mass is 10.3. The van der Waals surface area contributed by atoms with E-state index >= 15 is 0 Å². The minimum atomic E-state index is 0.789. The van der Waals surface area contributed by atoms with Gasteiger partial charge < -0.3 is 14.8 Å². The number of hydrogen-bond donors (Lipinski definition) is 1. The van der Waals surface area contributed by atoms with Crippen LogP contribution in [0.3, 0.4) is 0 Å². The zero-order valence-electron chi connectivity index (χ0n) is 8.75. The molecule has 0 radical (unpaired) electrons. The van der Waals surface area contributed by atoms with Gasteiger partial charge in [-0.25, -0.2) is 0 Å². The molecule has 14 heavy (non-hydrogen) atoms. The first-order valence-corrected chi connectivity index (χ1v) is 4.73. The van der Waals surface area contributed by atoms with E-state index < -0.39 is 0 Å². The van der Waals surface area contributed by atoms with E-state index in [0.717, 1.165) is 31.0 Å². The Morgan fingerprint density at radius 2 is 2.14 bits per heavy atom. The molecule has 0 heterocycles. The molecule has 0 amide bonds. The minimum absolute atomic E-state index is 0.789. The molecule has 1 rings (SSSR count). The van der Waals surface area contributed by atoms with Crippen molar-refractivity contribution in [2.45, 2.75) is 6.42 Å². The Balaban J connectivity index is 2.34. The van der Waals surface area contributed by atoms with E-state index in [9.17, 15) is 0 Å². The van der Waals surface area contributed by atoms with Crippen LogP contribution in [-0.4, -0.2) is 27.4 Å². The predicted molar refractivity (Wildman–Crippen MR) is 58.0 cm³/mol. The summed E-state index contributed by atoms with van der Waals surface area (Å²) in [5.74, 6) is 0.877. The Labute approximate surface area is 85.0 Å². The number of hydrogen-bond acceptors (Lipinski definition) is 3. The summed E-state index contributed by atoms with van der Waals surface area (Å²) < 4.78 is 10.1. The first-order valence-electron chi connectivity index (χ1n) is 4.73. The summed E-state index contributed by atoms with van der Waals surface area (Å²) in [7, 11) is 3.38. The summed E-state index contributed by atoms with van der Waals surface area (Å²) in [5.41, 5.74) is 1.08. The van der Waals surface area contributed by atoms with Crippen molar-refractivity contribution in [3.05, 3.63) is 24.3 Å². The average molecular weight is 195 g/mol. The van der Waals surface area contributed by atoms with Crippen LogP contribution in [-0.2, 0) is 4.74 Å². The molecule has 0 aliphatic heterocycles. The fourth-order valence-electron chi connectivity index (χ4n) is 1.18. The van der Waals surface area contributed by atoms with E-state index in [1.165, 1.54) is 0 Å². The number of methoxy groups -OCH3 is 2. The van der Waals surface area contributed by atoms with E-state index in [1.807, 2.05) is 24.3 Å². The molecule has 3 nitrogen and oxygen atoms in total. The highest BCUT2D eigenvalue weighted by Gasteiger charge is 1.94. The van der Waals surface area contributed by atoms with Crippen LogP contribution in [0.2, 0.25) is 0 Å². The molecule has 0 saturated heterocycles. The Morgan fingerprint density at radius 1 is 1.29 bits per heavy atom. The van der Waals surface area contributed by atoms with Gasteiger partial charge >= 0.3 is 0 Å². The Hall–Kier alpha value is -1.22. The molecule has 78 valence electrons. The van der Waals surface area contributed by atoms with Crippen LogP contribution in [0.4, 0.5) is 5.69 Å². The van der Waals surface area contributed by atoms with Crippen molar-refractivity contribution in [1.29, 1.82) is 0 Å². The van der Waals surface area contributed by atoms with Gasteiger partial charge in [-0.05, 0) is 18.6 Å². The second kappa shape index (κ2) is 6.27. The quantitative estimate of drug-likeness (QED) is 0.705. The summed E-state index contributed by atoms with van der Waals surface area (Å²) >= 11 is 0. The van der Waals surface area contributed by atoms with Crippen LogP contribution in [0, 0.1) is 0 Å². The van der Waals surface area contributed by atoms with E-state index in [4.69, 9.17) is 9.47 Å². The molecular weight excluding hydrogens is 178 g/mol. The van der Waals surface area contributed by atoms with Gasteiger partial charge in [0.2, 0.25) is 0 Å². The summed E-state index contributed by atoms with van der Waals surface area (Å²) in [6.45, 7) is 1.71. The summed E-state index contributed by atoms with van der Waals surface area (Å²) in [6.07, 6.45) is 1.01. The van der Waals surface area contributed by atoms with Crippen molar-refractivity contribution in [2.75, 3.05) is 32.7 Å². The Bertz CT molecular complexity index is 263.